The van der Waals surface area contributed by atoms with E-state index in [9.17, 15) is 13.2 Å². The summed E-state index contributed by atoms with van der Waals surface area (Å²) < 4.78 is 39.5. The van der Waals surface area contributed by atoms with Gasteiger partial charge in [0.1, 0.15) is 5.75 Å². The minimum absolute atomic E-state index is 0.102. The molecule has 0 saturated heterocycles. The van der Waals surface area contributed by atoms with E-state index in [2.05, 4.69) is 4.74 Å². The molecule has 15 heavy (non-hydrogen) atoms. The molecular weight excluding hydrogens is 205 g/mol. The van der Waals surface area contributed by atoms with Crippen molar-refractivity contribution in [3.63, 3.8) is 0 Å². The van der Waals surface area contributed by atoms with Crippen molar-refractivity contribution in [1.82, 2.24) is 0 Å². The second kappa shape index (κ2) is 5.63. The van der Waals surface area contributed by atoms with Gasteiger partial charge in [-0.15, -0.1) is 13.2 Å². The number of alkyl halides is 3. The SMILES string of the molecule is CC.Cc1cccc(C)c1OC(F)(F)F. The Labute approximate surface area is 87.9 Å². The number of rotatable bonds is 1. The molecule has 0 aliphatic heterocycles. The largest absolute Gasteiger partial charge is 0.573 e. The van der Waals surface area contributed by atoms with Crippen LogP contribution in [0.2, 0.25) is 0 Å². The van der Waals surface area contributed by atoms with E-state index >= 15 is 0 Å². The summed E-state index contributed by atoms with van der Waals surface area (Å²) in [6.45, 7) is 7.15. The Kier molecular flexibility index (Phi) is 5.19. The van der Waals surface area contributed by atoms with Crippen molar-refractivity contribution in [1.29, 1.82) is 0 Å². The Morgan fingerprint density at radius 3 is 1.73 bits per heavy atom. The maximum absolute atomic E-state index is 11.9. The lowest BCUT2D eigenvalue weighted by Crippen LogP contribution is -2.18. The van der Waals surface area contributed by atoms with Gasteiger partial charge in [0.2, 0.25) is 0 Å². The summed E-state index contributed by atoms with van der Waals surface area (Å²) in [4.78, 5) is 0. The Balaban J connectivity index is 0.000000921. The second-order valence-electron chi connectivity index (χ2n) is 2.77. The maximum Gasteiger partial charge on any atom is 0.573 e. The molecule has 0 fully saturated rings. The molecule has 4 heteroatoms. The molecular formula is C11H15F3O. The van der Waals surface area contributed by atoms with Gasteiger partial charge in [-0.2, -0.15) is 0 Å². The van der Waals surface area contributed by atoms with Crippen LogP contribution in [0.5, 0.6) is 5.75 Å². The molecule has 0 amide bonds. The summed E-state index contributed by atoms with van der Waals surface area (Å²) >= 11 is 0. The Morgan fingerprint density at radius 2 is 1.40 bits per heavy atom. The lowest BCUT2D eigenvalue weighted by Gasteiger charge is -2.13. The third-order valence-electron chi connectivity index (χ3n) is 1.63. The number of hydrogen-bond acceptors (Lipinski definition) is 1. The first-order chi connectivity index (χ1) is 6.90. The lowest BCUT2D eigenvalue weighted by molar-refractivity contribution is -0.275. The van der Waals surface area contributed by atoms with Crippen LogP contribution in [0, 0.1) is 13.8 Å². The third kappa shape index (κ3) is 4.72. The standard InChI is InChI=1S/C9H9F3O.C2H6/c1-6-4-3-5-7(2)8(6)13-9(10,11)12;1-2/h3-5H,1-2H3;1-2H3. The van der Waals surface area contributed by atoms with Gasteiger partial charge in [-0.25, -0.2) is 0 Å². The highest BCUT2D eigenvalue weighted by Gasteiger charge is 2.32. The minimum Gasteiger partial charge on any atom is -0.405 e. The van der Waals surface area contributed by atoms with Crippen LogP contribution in [0.3, 0.4) is 0 Å². The van der Waals surface area contributed by atoms with E-state index in [1.165, 1.54) is 0 Å². The quantitative estimate of drug-likeness (QED) is 0.688. The normalized spacial score (nSPS) is 10.3. The van der Waals surface area contributed by atoms with Crippen molar-refractivity contribution >= 4 is 0 Å². The third-order valence-corrected chi connectivity index (χ3v) is 1.63. The zero-order chi connectivity index (χ0) is 12.1. The molecule has 0 radical (unpaired) electrons. The van der Waals surface area contributed by atoms with E-state index in [0.717, 1.165) is 0 Å². The number of benzene rings is 1. The van der Waals surface area contributed by atoms with Gasteiger partial charge in [0, 0.05) is 0 Å². The van der Waals surface area contributed by atoms with E-state index in [0.29, 0.717) is 11.1 Å². The number of para-hydroxylation sites is 1. The van der Waals surface area contributed by atoms with Crippen LogP contribution in [0.4, 0.5) is 13.2 Å². The van der Waals surface area contributed by atoms with Crippen molar-refractivity contribution in [3.8, 4) is 5.75 Å². The van der Waals surface area contributed by atoms with Gasteiger partial charge in [0.05, 0.1) is 0 Å². The smallest absolute Gasteiger partial charge is 0.405 e. The lowest BCUT2D eigenvalue weighted by atomic mass is 10.1. The predicted molar refractivity (Wildman–Crippen MR) is 53.9 cm³/mol. The molecule has 0 N–H and O–H groups in total. The number of aryl methyl sites for hydroxylation is 2. The number of hydrogen-bond donors (Lipinski definition) is 0. The van der Waals surface area contributed by atoms with E-state index in [-0.39, 0.29) is 5.75 Å². The van der Waals surface area contributed by atoms with E-state index in [4.69, 9.17) is 0 Å². The molecule has 0 heterocycles. The Morgan fingerprint density at radius 1 is 1.00 bits per heavy atom. The van der Waals surface area contributed by atoms with Crippen molar-refractivity contribution < 1.29 is 17.9 Å². The number of halogens is 3. The van der Waals surface area contributed by atoms with Gasteiger partial charge in [-0.3, -0.25) is 0 Å². The van der Waals surface area contributed by atoms with Gasteiger partial charge >= 0.3 is 6.36 Å². The molecule has 0 aliphatic carbocycles. The molecule has 1 aromatic rings. The van der Waals surface area contributed by atoms with Gasteiger partial charge < -0.3 is 4.74 Å². The van der Waals surface area contributed by atoms with Crippen molar-refractivity contribution in [2.45, 2.75) is 34.1 Å². The zero-order valence-electron chi connectivity index (χ0n) is 9.27. The molecule has 0 spiro atoms. The molecule has 0 atom stereocenters. The van der Waals surface area contributed by atoms with Crippen LogP contribution in [-0.2, 0) is 0 Å². The fourth-order valence-electron chi connectivity index (χ4n) is 1.08. The van der Waals surface area contributed by atoms with E-state index in [1.807, 2.05) is 13.8 Å². The predicted octanol–water partition coefficient (Wildman–Crippen LogP) is 4.23. The van der Waals surface area contributed by atoms with E-state index in [1.54, 1.807) is 32.0 Å². The Bertz CT molecular complexity index is 285. The summed E-state index contributed by atoms with van der Waals surface area (Å²) in [5.74, 6) is -0.102. The van der Waals surface area contributed by atoms with Crippen LogP contribution in [0.25, 0.3) is 0 Å². The van der Waals surface area contributed by atoms with Crippen molar-refractivity contribution in [2.75, 3.05) is 0 Å². The summed E-state index contributed by atoms with van der Waals surface area (Å²) in [6.07, 6.45) is -4.61. The molecule has 0 saturated carbocycles. The van der Waals surface area contributed by atoms with Gasteiger partial charge in [0.25, 0.3) is 0 Å². The van der Waals surface area contributed by atoms with Crippen LogP contribution in [-0.4, -0.2) is 6.36 Å². The molecule has 0 unspecified atom stereocenters. The van der Waals surface area contributed by atoms with E-state index < -0.39 is 6.36 Å². The highest BCUT2D eigenvalue weighted by Crippen LogP contribution is 2.28. The monoisotopic (exact) mass is 220 g/mol. The molecule has 86 valence electrons. The van der Waals surface area contributed by atoms with Crippen LogP contribution in [0.1, 0.15) is 25.0 Å². The number of ether oxygens (including phenoxy) is 1. The summed E-state index contributed by atoms with van der Waals surface area (Å²) in [5.41, 5.74) is 0.967. The highest BCUT2D eigenvalue weighted by molar-refractivity contribution is 5.39. The average Bonchev–Trinajstić information content (AvgIpc) is 2.14. The van der Waals surface area contributed by atoms with Gasteiger partial charge in [0.15, 0.2) is 0 Å². The van der Waals surface area contributed by atoms with Crippen molar-refractivity contribution in [3.05, 3.63) is 29.3 Å². The highest BCUT2D eigenvalue weighted by atomic mass is 19.4. The first kappa shape index (κ1) is 13.8. The summed E-state index contributed by atoms with van der Waals surface area (Å²) in [5, 5.41) is 0. The first-order valence-electron chi connectivity index (χ1n) is 4.72. The van der Waals surface area contributed by atoms with Gasteiger partial charge in [-0.05, 0) is 25.0 Å². The fourth-order valence-corrected chi connectivity index (χ4v) is 1.08. The Hall–Kier alpha value is -1.19. The zero-order valence-corrected chi connectivity index (χ0v) is 9.27. The average molecular weight is 220 g/mol. The second-order valence-corrected chi connectivity index (χ2v) is 2.77. The summed E-state index contributed by atoms with van der Waals surface area (Å²) in [6, 6.07) is 4.84. The molecule has 1 aromatic carbocycles. The topological polar surface area (TPSA) is 9.23 Å². The first-order valence-corrected chi connectivity index (χ1v) is 4.72. The maximum atomic E-state index is 11.9. The van der Waals surface area contributed by atoms with Crippen LogP contribution < -0.4 is 4.74 Å². The van der Waals surface area contributed by atoms with Gasteiger partial charge in [-0.1, -0.05) is 32.0 Å². The molecule has 1 rings (SSSR count). The molecule has 0 bridgehead atoms. The fraction of sp³-hybridized carbons (Fsp3) is 0.455. The molecule has 0 aromatic heterocycles. The molecule has 1 nitrogen and oxygen atoms in total. The van der Waals surface area contributed by atoms with Crippen LogP contribution >= 0.6 is 0 Å². The molecule has 0 aliphatic rings. The van der Waals surface area contributed by atoms with Crippen molar-refractivity contribution in [2.24, 2.45) is 0 Å². The minimum atomic E-state index is -4.61. The summed E-state index contributed by atoms with van der Waals surface area (Å²) in [7, 11) is 0. The van der Waals surface area contributed by atoms with Crippen LogP contribution in [0.15, 0.2) is 18.2 Å².